The first kappa shape index (κ1) is 9.82. The van der Waals surface area contributed by atoms with Gasteiger partial charge in [-0.3, -0.25) is 9.59 Å². The van der Waals surface area contributed by atoms with Crippen molar-refractivity contribution in [2.75, 3.05) is 0 Å². The highest BCUT2D eigenvalue weighted by Crippen LogP contribution is 2.08. The van der Waals surface area contributed by atoms with Gasteiger partial charge in [-0.2, -0.15) is 0 Å². The molecule has 60 valence electrons. The van der Waals surface area contributed by atoms with Crippen LogP contribution in [0.2, 0.25) is 0 Å². The van der Waals surface area contributed by atoms with Gasteiger partial charge in [0.25, 0.3) is 0 Å². The fourth-order valence-corrected chi connectivity index (χ4v) is 0.864. The van der Waals surface area contributed by atoms with Crippen LogP contribution < -0.4 is 0 Å². The van der Waals surface area contributed by atoms with Crippen molar-refractivity contribution in [1.29, 1.82) is 0 Å². The van der Waals surface area contributed by atoms with Crippen molar-refractivity contribution >= 4 is 12.1 Å². The molecule has 2 nitrogen and oxygen atoms in total. The van der Waals surface area contributed by atoms with E-state index >= 15 is 0 Å². The molecule has 0 fully saturated rings. The van der Waals surface area contributed by atoms with E-state index in [2.05, 4.69) is 0 Å². The van der Waals surface area contributed by atoms with Gasteiger partial charge in [-0.15, -0.1) is 0 Å². The summed E-state index contributed by atoms with van der Waals surface area (Å²) in [6, 6.07) is 0. The van der Waals surface area contributed by atoms with Crippen LogP contribution in [0.5, 0.6) is 0 Å². The van der Waals surface area contributed by atoms with Crippen molar-refractivity contribution in [2.45, 2.75) is 20.3 Å². The van der Waals surface area contributed by atoms with Crippen molar-refractivity contribution < 1.29 is 9.59 Å². The molecule has 0 saturated carbocycles. The lowest BCUT2D eigenvalue weighted by molar-refractivity contribution is -0.127. The largest absolute Gasteiger partial charge is 0.294 e. The molecular weight excluding hydrogens is 140 g/mol. The Hall–Kier alpha value is -1.18. The van der Waals surface area contributed by atoms with Gasteiger partial charge in [-0.25, -0.2) is 0 Å². The molecule has 0 aromatic carbocycles. The van der Waals surface area contributed by atoms with Crippen molar-refractivity contribution in [2.24, 2.45) is 0 Å². The Morgan fingerprint density at radius 2 is 2.18 bits per heavy atom. The molecule has 2 heteroatoms. The zero-order valence-electron chi connectivity index (χ0n) is 5.54. The Bertz CT molecular complexity index is 212. The molecule has 1 rings (SSSR count). The molecule has 0 amide bonds. The van der Waals surface area contributed by atoms with Crippen LogP contribution in [0.3, 0.4) is 0 Å². The van der Waals surface area contributed by atoms with Gasteiger partial charge in [0.1, 0.15) is 0 Å². The average Bonchev–Trinajstić information content (AvgIpc) is 2.05. The minimum atomic E-state index is -0.420. The Labute approximate surface area is 66.6 Å². The second-order valence-electron chi connectivity index (χ2n) is 2.12. The number of carbonyl (C=O) groups excluding carboxylic acids is 2. The lowest BCUT2D eigenvalue weighted by Gasteiger charge is -1.99. The van der Waals surface area contributed by atoms with Crippen LogP contribution in [0, 0.1) is 0 Å². The third kappa shape index (κ3) is 2.50. The molecule has 0 unspecified atom stereocenters. The Balaban J connectivity index is 0.000001000. The molecule has 0 heterocycles. The molecule has 0 radical (unpaired) electrons. The van der Waals surface area contributed by atoms with E-state index in [4.69, 9.17) is 0 Å². The maximum atomic E-state index is 10.7. The fraction of sp³-hybridized carbons (Fsp3) is 0.333. The molecule has 0 atom stereocenters. The summed E-state index contributed by atoms with van der Waals surface area (Å²) in [6.07, 6.45) is 7.57. The number of aldehydes is 1. The van der Waals surface area contributed by atoms with Crippen molar-refractivity contribution in [1.82, 2.24) is 0 Å². The van der Waals surface area contributed by atoms with E-state index in [-0.39, 0.29) is 7.43 Å². The lowest BCUT2D eigenvalue weighted by Crippen LogP contribution is -2.02. The summed E-state index contributed by atoms with van der Waals surface area (Å²) >= 11 is 0. The number of hydrogen-bond acceptors (Lipinski definition) is 2. The second kappa shape index (κ2) is 4.61. The van der Waals surface area contributed by atoms with E-state index in [0.717, 1.165) is 12.8 Å². The molecule has 0 aliphatic heterocycles. The monoisotopic (exact) mass is 152 g/mol. The highest BCUT2D eigenvalue weighted by molar-refractivity contribution is 6.34. The molecular formula is C9H12O2. The highest BCUT2D eigenvalue weighted by atomic mass is 16.2. The fourth-order valence-electron chi connectivity index (χ4n) is 0.864. The van der Waals surface area contributed by atoms with Crippen LogP contribution in [-0.4, -0.2) is 12.1 Å². The smallest absolute Gasteiger partial charge is 0.225 e. The third-order valence-corrected chi connectivity index (χ3v) is 1.39. The Morgan fingerprint density at radius 3 is 2.64 bits per heavy atom. The van der Waals surface area contributed by atoms with Gasteiger partial charge < -0.3 is 0 Å². The summed E-state index contributed by atoms with van der Waals surface area (Å²) in [6.45, 7) is 0. The topological polar surface area (TPSA) is 34.1 Å². The van der Waals surface area contributed by atoms with Gasteiger partial charge in [0, 0.05) is 5.57 Å². The first-order valence-electron chi connectivity index (χ1n) is 3.21. The van der Waals surface area contributed by atoms with E-state index in [9.17, 15) is 9.59 Å². The number of Topliss-reactive ketones (excluding diaryl/α,β-unsaturated/α-hetero) is 1. The number of carbonyl (C=O) groups is 2. The van der Waals surface area contributed by atoms with Gasteiger partial charge >= 0.3 is 0 Å². The van der Waals surface area contributed by atoms with Gasteiger partial charge in [-0.1, -0.05) is 25.7 Å². The predicted molar refractivity (Wildman–Crippen MR) is 44.3 cm³/mol. The SMILES string of the molecule is C.O=CC(=O)C1=CCCC=C1. The molecule has 0 bridgehead atoms. The Morgan fingerprint density at radius 1 is 1.45 bits per heavy atom. The Kier molecular flexibility index (Phi) is 4.11. The number of hydrogen-bond donors (Lipinski definition) is 0. The maximum absolute atomic E-state index is 10.7. The van der Waals surface area contributed by atoms with Gasteiger partial charge in [0.05, 0.1) is 0 Å². The normalized spacial score (nSPS) is 14.7. The van der Waals surface area contributed by atoms with Crippen LogP contribution in [-0.2, 0) is 9.59 Å². The molecule has 0 spiro atoms. The standard InChI is InChI=1S/C8H8O2.CH4/c9-6-8(10)7-4-2-1-3-5-7;/h2,4-6H,1,3H2;1H4. The zero-order chi connectivity index (χ0) is 7.40. The molecule has 0 aromatic heterocycles. The summed E-state index contributed by atoms with van der Waals surface area (Å²) in [4.78, 5) is 20.7. The van der Waals surface area contributed by atoms with E-state index in [1.165, 1.54) is 0 Å². The van der Waals surface area contributed by atoms with E-state index in [0.29, 0.717) is 11.9 Å². The summed E-state index contributed by atoms with van der Waals surface area (Å²) in [7, 11) is 0. The van der Waals surface area contributed by atoms with Crippen LogP contribution >= 0.6 is 0 Å². The van der Waals surface area contributed by atoms with E-state index < -0.39 is 5.78 Å². The summed E-state index contributed by atoms with van der Waals surface area (Å²) in [5, 5.41) is 0. The predicted octanol–water partition coefficient (Wildman–Crippen LogP) is 1.67. The highest BCUT2D eigenvalue weighted by Gasteiger charge is 2.05. The van der Waals surface area contributed by atoms with E-state index in [1.807, 2.05) is 6.08 Å². The number of ketones is 1. The molecule has 0 aromatic rings. The minimum Gasteiger partial charge on any atom is -0.294 e. The molecule has 1 aliphatic rings. The lowest BCUT2D eigenvalue weighted by atomic mass is 10.0. The van der Waals surface area contributed by atoms with Crippen LogP contribution in [0.25, 0.3) is 0 Å². The van der Waals surface area contributed by atoms with Gasteiger partial charge in [0.2, 0.25) is 5.78 Å². The quantitative estimate of drug-likeness (QED) is 0.445. The van der Waals surface area contributed by atoms with Crippen LogP contribution in [0.4, 0.5) is 0 Å². The zero-order valence-corrected chi connectivity index (χ0v) is 5.54. The second-order valence-corrected chi connectivity index (χ2v) is 2.12. The number of rotatable bonds is 2. The van der Waals surface area contributed by atoms with Gasteiger partial charge in [-0.05, 0) is 12.8 Å². The molecule has 1 aliphatic carbocycles. The summed E-state index contributed by atoms with van der Waals surface area (Å²) < 4.78 is 0. The van der Waals surface area contributed by atoms with Crippen LogP contribution in [0.1, 0.15) is 20.3 Å². The first-order chi connectivity index (χ1) is 4.84. The summed E-state index contributed by atoms with van der Waals surface area (Å²) in [5.74, 6) is -0.420. The minimum absolute atomic E-state index is 0. The van der Waals surface area contributed by atoms with Crippen molar-refractivity contribution in [3.05, 3.63) is 23.8 Å². The van der Waals surface area contributed by atoms with Gasteiger partial charge in [0.15, 0.2) is 6.29 Å². The van der Waals surface area contributed by atoms with Crippen molar-refractivity contribution in [3.8, 4) is 0 Å². The number of allylic oxidation sites excluding steroid dienone is 4. The average molecular weight is 152 g/mol. The molecule has 11 heavy (non-hydrogen) atoms. The van der Waals surface area contributed by atoms with E-state index in [1.54, 1.807) is 12.2 Å². The molecule has 0 saturated heterocycles. The molecule has 0 N–H and O–H groups in total. The maximum Gasteiger partial charge on any atom is 0.225 e. The van der Waals surface area contributed by atoms with Crippen LogP contribution in [0.15, 0.2) is 23.8 Å². The third-order valence-electron chi connectivity index (χ3n) is 1.39. The van der Waals surface area contributed by atoms with Crippen molar-refractivity contribution in [3.63, 3.8) is 0 Å². The first-order valence-corrected chi connectivity index (χ1v) is 3.21. The summed E-state index contributed by atoms with van der Waals surface area (Å²) in [5.41, 5.74) is 0.529.